The summed E-state index contributed by atoms with van der Waals surface area (Å²) >= 11 is 0. The minimum absolute atomic E-state index is 0.175. The maximum Gasteiger partial charge on any atom is 0.323 e. The molecule has 110 valence electrons. The summed E-state index contributed by atoms with van der Waals surface area (Å²) in [5, 5.41) is 0. The fourth-order valence-corrected chi connectivity index (χ4v) is 2.52. The predicted molar refractivity (Wildman–Crippen MR) is 75.7 cm³/mol. The summed E-state index contributed by atoms with van der Waals surface area (Å²) in [6, 6.07) is 6.32. The number of ether oxygens (including phenoxy) is 1. The van der Waals surface area contributed by atoms with Gasteiger partial charge in [0.25, 0.3) is 0 Å². The van der Waals surface area contributed by atoms with Gasteiger partial charge in [-0.1, -0.05) is 12.1 Å². The van der Waals surface area contributed by atoms with Gasteiger partial charge >= 0.3 is 5.97 Å². The first kappa shape index (κ1) is 15.0. The molecule has 0 radical (unpaired) electrons. The lowest BCUT2D eigenvalue weighted by atomic mass is 10.1. The SMILES string of the molecule is CC(C)(C)OC(=O)[C@@H]1CCCN1Cc1cccc(F)c1. The first-order valence-corrected chi connectivity index (χ1v) is 7.06. The van der Waals surface area contributed by atoms with Crippen LogP contribution in [0.4, 0.5) is 4.39 Å². The summed E-state index contributed by atoms with van der Waals surface area (Å²) < 4.78 is 18.7. The van der Waals surface area contributed by atoms with Gasteiger partial charge in [-0.05, 0) is 57.9 Å². The fraction of sp³-hybridized carbons (Fsp3) is 0.562. The van der Waals surface area contributed by atoms with Crippen LogP contribution < -0.4 is 0 Å². The molecule has 0 saturated carbocycles. The highest BCUT2D eigenvalue weighted by Gasteiger charge is 2.33. The molecular weight excluding hydrogens is 257 g/mol. The summed E-state index contributed by atoms with van der Waals surface area (Å²) in [4.78, 5) is 14.3. The monoisotopic (exact) mass is 279 g/mol. The van der Waals surface area contributed by atoms with Gasteiger partial charge in [0.1, 0.15) is 17.5 Å². The van der Waals surface area contributed by atoms with Crippen LogP contribution in [0.25, 0.3) is 0 Å². The first-order chi connectivity index (χ1) is 9.35. The van der Waals surface area contributed by atoms with Crippen LogP contribution >= 0.6 is 0 Å². The number of hydrogen-bond acceptors (Lipinski definition) is 3. The van der Waals surface area contributed by atoms with E-state index in [0.717, 1.165) is 24.9 Å². The summed E-state index contributed by atoms with van der Waals surface area (Å²) in [7, 11) is 0. The van der Waals surface area contributed by atoms with Crippen LogP contribution in [0.3, 0.4) is 0 Å². The molecule has 1 fully saturated rings. The van der Waals surface area contributed by atoms with Crippen molar-refractivity contribution in [3.63, 3.8) is 0 Å². The maximum absolute atomic E-state index is 13.2. The third-order valence-corrected chi connectivity index (χ3v) is 3.32. The van der Waals surface area contributed by atoms with E-state index in [-0.39, 0.29) is 17.8 Å². The molecule has 20 heavy (non-hydrogen) atoms. The molecule has 0 N–H and O–H groups in total. The average Bonchev–Trinajstić information content (AvgIpc) is 2.75. The van der Waals surface area contributed by atoms with Crippen LogP contribution in [0.15, 0.2) is 24.3 Å². The Morgan fingerprint density at radius 1 is 1.45 bits per heavy atom. The Kier molecular flexibility index (Phi) is 4.43. The van der Waals surface area contributed by atoms with E-state index in [2.05, 4.69) is 4.90 Å². The molecule has 1 heterocycles. The molecule has 0 aromatic heterocycles. The van der Waals surface area contributed by atoms with Crippen molar-refractivity contribution in [1.82, 2.24) is 4.90 Å². The molecule has 1 aromatic rings. The lowest BCUT2D eigenvalue weighted by Gasteiger charge is -2.27. The third-order valence-electron chi connectivity index (χ3n) is 3.32. The second-order valence-corrected chi connectivity index (χ2v) is 6.29. The van der Waals surface area contributed by atoms with E-state index < -0.39 is 5.60 Å². The van der Waals surface area contributed by atoms with Crippen molar-refractivity contribution in [2.45, 2.75) is 51.8 Å². The van der Waals surface area contributed by atoms with Gasteiger partial charge in [-0.25, -0.2) is 4.39 Å². The van der Waals surface area contributed by atoms with Crippen LogP contribution in [-0.4, -0.2) is 29.1 Å². The van der Waals surface area contributed by atoms with E-state index in [4.69, 9.17) is 4.74 Å². The van der Waals surface area contributed by atoms with Crippen molar-refractivity contribution >= 4 is 5.97 Å². The van der Waals surface area contributed by atoms with Crippen molar-refractivity contribution in [3.8, 4) is 0 Å². The lowest BCUT2D eigenvalue weighted by Crippen LogP contribution is -2.40. The van der Waals surface area contributed by atoms with Crippen molar-refractivity contribution < 1.29 is 13.9 Å². The van der Waals surface area contributed by atoms with Gasteiger partial charge in [0.15, 0.2) is 0 Å². The summed E-state index contributed by atoms with van der Waals surface area (Å²) in [5.41, 5.74) is 0.421. The largest absolute Gasteiger partial charge is 0.459 e. The zero-order valence-electron chi connectivity index (χ0n) is 12.4. The Bertz CT molecular complexity index is 482. The smallest absolute Gasteiger partial charge is 0.323 e. The van der Waals surface area contributed by atoms with Crippen molar-refractivity contribution in [2.75, 3.05) is 6.54 Å². The van der Waals surface area contributed by atoms with E-state index >= 15 is 0 Å². The number of carbonyl (C=O) groups excluding carboxylic acids is 1. The zero-order chi connectivity index (χ0) is 14.8. The zero-order valence-corrected chi connectivity index (χ0v) is 12.4. The molecule has 1 aliphatic rings. The topological polar surface area (TPSA) is 29.5 Å². The van der Waals surface area contributed by atoms with Crippen LogP contribution in [0.1, 0.15) is 39.2 Å². The number of carbonyl (C=O) groups is 1. The molecule has 4 heteroatoms. The fourth-order valence-electron chi connectivity index (χ4n) is 2.52. The normalized spacial score (nSPS) is 20.1. The number of benzene rings is 1. The van der Waals surface area contributed by atoms with Gasteiger partial charge in [0.2, 0.25) is 0 Å². The summed E-state index contributed by atoms with van der Waals surface area (Å²) in [5.74, 6) is -0.415. The highest BCUT2D eigenvalue weighted by atomic mass is 19.1. The first-order valence-electron chi connectivity index (χ1n) is 7.06. The van der Waals surface area contributed by atoms with Gasteiger partial charge in [-0.15, -0.1) is 0 Å². The number of nitrogens with zero attached hydrogens (tertiary/aromatic N) is 1. The molecule has 1 atom stereocenters. The Morgan fingerprint density at radius 2 is 2.20 bits per heavy atom. The molecular formula is C16H22FNO2. The standard InChI is InChI=1S/C16H22FNO2/c1-16(2,3)20-15(19)14-8-5-9-18(14)11-12-6-4-7-13(17)10-12/h4,6-7,10,14H,5,8-9,11H2,1-3H3/t14-/m0/s1. The van der Waals surface area contributed by atoms with Gasteiger partial charge in [0, 0.05) is 6.54 Å². The number of hydrogen-bond donors (Lipinski definition) is 0. The number of rotatable bonds is 3. The van der Waals surface area contributed by atoms with Crippen LogP contribution in [-0.2, 0) is 16.1 Å². The molecule has 0 spiro atoms. The van der Waals surface area contributed by atoms with Gasteiger partial charge in [-0.3, -0.25) is 9.69 Å². The number of esters is 1. The molecule has 0 aliphatic carbocycles. The predicted octanol–water partition coefficient (Wildman–Crippen LogP) is 3.13. The van der Waals surface area contributed by atoms with E-state index in [0.29, 0.717) is 6.54 Å². The molecule has 3 nitrogen and oxygen atoms in total. The molecule has 2 rings (SSSR count). The van der Waals surface area contributed by atoms with Crippen LogP contribution in [0.2, 0.25) is 0 Å². The second-order valence-electron chi connectivity index (χ2n) is 6.29. The number of halogens is 1. The van der Waals surface area contributed by atoms with E-state index in [1.54, 1.807) is 6.07 Å². The van der Waals surface area contributed by atoms with E-state index in [1.165, 1.54) is 12.1 Å². The molecule has 0 bridgehead atoms. The number of likely N-dealkylation sites (tertiary alicyclic amines) is 1. The van der Waals surface area contributed by atoms with Crippen LogP contribution in [0.5, 0.6) is 0 Å². The highest BCUT2D eigenvalue weighted by molar-refractivity contribution is 5.76. The van der Waals surface area contributed by atoms with E-state index in [1.807, 2.05) is 26.8 Å². The molecule has 0 unspecified atom stereocenters. The summed E-state index contributed by atoms with van der Waals surface area (Å²) in [6.45, 7) is 7.05. The quantitative estimate of drug-likeness (QED) is 0.796. The Hall–Kier alpha value is -1.42. The maximum atomic E-state index is 13.2. The van der Waals surface area contributed by atoms with Crippen molar-refractivity contribution in [2.24, 2.45) is 0 Å². The molecule has 1 saturated heterocycles. The van der Waals surface area contributed by atoms with Crippen molar-refractivity contribution in [1.29, 1.82) is 0 Å². The van der Waals surface area contributed by atoms with Crippen LogP contribution in [0, 0.1) is 5.82 Å². The Labute approximate surface area is 119 Å². The van der Waals surface area contributed by atoms with Gasteiger partial charge in [0.05, 0.1) is 0 Å². The minimum atomic E-state index is -0.468. The van der Waals surface area contributed by atoms with Gasteiger partial charge in [-0.2, -0.15) is 0 Å². The van der Waals surface area contributed by atoms with Crippen molar-refractivity contribution in [3.05, 3.63) is 35.6 Å². The Balaban J connectivity index is 2.02. The Morgan fingerprint density at radius 3 is 2.85 bits per heavy atom. The van der Waals surface area contributed by atoms with E-state index in [9.17, 15) is 9.18 Å². The van der Waals surface area contributed by atoms with Gasteiger partial charge < -0.3 is 4.74 Å². The summed E-state index contributed by atoms with van der Waals surface area (Å²) in [6.07, 6.45) is 1.78. The highest BCUT2D eigenvalue weighted by Crippen LogP contribution is 2.23. The molecule has 1 aliphatic heterocycles. The molecule has 1 aromatic carbocycles. The third kappa shape index (κ3) is 4.04. The second kappa shape index (κ2) is 5.92. The average molecular weight is 279 g/mol. The molecule has 0 amide bonds. The lowest BCUT2D eigenvalue weighted by molar-refractivity contribution is -0.160. The minimum Gasteiger partial charge on any atom is -0.459 e.